The van der Waals surface area contributed by atoms with Crippen LogP contribution in [0.25, 0.3) is 0 Å². The zero-order chi connectivity index (χ0) is 16.8. The highest BCUT2D eigenvalue weighted by Gasteiger charge is 2.34. The molecule has 2 rings (SSSR count). The van der Waals surface area contributed by atoms with Crippen LogP contribution in [0.5, 0.6) is 5.75 Å². The van der Waals surface area contributed by atoms with Crippen molar-refractivity contribution in [1.82, 2.24) is 4.90 Å². The highest BCUT2D eigenvalue weighted by molar-refractivity contribution is 5.99. The van der Waals surface area contributed by atoms with E-state index in [1.807, 2.05) is 24.3 Å². The minimum Gasteiger partial charge on any atom is -0.497 e. The lowest BCUT2D eigenvalue weighted by atomic mass is 10.0. The Balaban J connectivity index is 1.91. The number of methoxy groups -OCH3 is 1. The van der Waals surface area contributed by atoms with E-state index in [9.17, 15) is 14.4 Å². The van der Waals surface area contributed by atoms with Gasteiger partial charge in [0.15, 0.2) is 0 Å². The summed E-state index contributed by atoms with van der Waals surface area (Å²) in [6, 6.07) is 7.44. The van der Waals surface area contributed by atoms with Crippen LogP contribution in [0.4, 0.5) is 0 Å². The van der Waals surface area contributed by atoms with E-state index >= 15 is 0 Å². The number of benzene rings is 1. The predicted octanol–water partition coefficient (Wildman–Crippen LogP) is 1.57. The molecule has 1 aliphatic rings. The van der Waals surface area contributed by atoms with E-state index in [4.69, 9.17) is 9.47 Å². The molecule has 0 aliphatic carbocycles. The van der Waals surface area contributed by atoms with Crippen LogP contribution in [0.1, 0.15) is 25.3 Å². The number of hydrogen-bond donors (Lipinski definition) is 0. The zero-order valence-corrected chi connectivity index (χ0v) is 13.4. The molecular weight excluding hydrogens is 298 g/mol. The number of amides is 1. The van der Waals surface area contributed by atoms with Gasteiger partial charge in [0.25, 0.3) is 0 Å². The Kier molecular flexibility index (Phi) is 5.73. The monoisotopic (exact) mass is 319 g/mol. The third kappa shape index (κ3) is 4.55. The molecule has 0 bridgehead atoms. The number of carbonyl (C=O) groups is 3. The van der Waals surface area contributed by atoms with Crippen LogP contribution in [0.2, 0.25) is 0 Å². The third-order valence-electron chi connectivity index (χ3n) is 3.83. The molecule has 124 valence electrons. The second-order valence-corrected chi connectivity index (χ2v) is 5.47. The lowest BCUT2D eigenvalue weighted by Gasteiger charge is -2.16. The van der Waals surface area contributed by atoms with Crippen molar-refractivity contribution >= 4 is 17.7 Å². The normalized spacial score (nSPS) is 17.2. The van der Waals surface area contributed by atoms with Crippen LogP contribution in [-0.4, -0.2) is 42.8 Å². The van der Waals surface area contributed by atoms with Gasteiger partial charge in [-0.1, -0.05) is 12.1 Å². The Morgan fingerprint density at radius 1 is 1.26 bits per heavy atom. The van der Waals surface area contributed by atoms with E-state index in [2.05, 4.69) is 0 Å². The molecule has 0 radical (unpaired) electrons. The van der Waals surface area contributed by atoms with Crippen LogP contribution in [-0.2, 0) is 25.7 Å². The van der Waals surface area contributed by atoms with Crippen molar-refractivity contribution in [2.24, 2.45) is 5.92 Å². The number of ketones is 1. The molecule has 1 fully saturated rings. The Hall–Kier alpha value is -2.37. The maximum Gasteiger partial charge on any atom is 0.313 e. The highest BCUT2D eigenvalue weighted by atomic mass is 16.5. The maximum atomic E-state index is 12.1. The average Bonchev–Trinajstić information content (AvgIpc) is 2.89. The molecule has 1 aromatic carbocycles. The number of carbonyl (C=O) groups excluding carboxylic acids is 3. The van der Waals surface area contributed by atoms with E-state index in [1.165, 1.54) is 0 Å². The van der Waals surface area contributed by atoms with Crippen LogP contribution in [0.15, 0.2) is 24.3 Å². The van der Waals surface area contributed by atoms with Crippen LogP contribution in [0, 0.1) is 5.92 Å². The summed E-state index contributed by atoms with van der Waals surface area (Å²) in [6.45, 7) is 2.74. The van der Waals surface area contributed by atoms with E-state index < -0.39 is 11.9 Å². The van der Waals surface area contributed by atoms with Crippen LogP contribution >= 0.6 is 0 Å². The standard InChI is InChI=1S/C17H21NO5/c1-3-23-17(21)9-15(19)13-8-16(20)18(11-13)10-12-4-6-14(22-2)7-5-12/h4-7,13H,3,8-11H2,1-2H3. The fourth-order valence-electron chi connectivity index (χ4n) is 2.59. The summed E-state index contributed by atoms with van der Waals surface area (Å²) in [4.78, 5) is 37.1. The van der Waals surface area contributed by atoms with Gasteiger partial charge >= 0.3 is 5.97 Å². The molecule has 1 amide bonds. The second-order valence-electron chi connectivity index (χ2n) is 5.47. The van der Waals surface area contributed by atoms with Crippen molar-refractivity contribution < 1.29 is 23.9 Å². The molecule has 1 aliphatic heterocycles. The van der Waals surface area contributed by atoms with Gasteiger partial charge < -0.3 is 14.4 Å². The molecule has 6 nitrogen and oxygen atoms in total. The number of Topliss-reactive ketones (excluding diaryl/α,β-unsaturated/α-hetero) is 1. The molecule has 1 atom stereocenters. The Labute approximate surface area is 135 Å². The van der Waals surface area contributed by atoms with Crippen molar-refractivity contribution in [1.29, 1.82) is 0 Å². The van der Waals surface area contributed by atoms with Crippen molar-refractivity contribution in [2.45, 2.75) is 26.3 Å². The highest BCUT2D eigenvalue weighted by Crippen LogP contribution is 2.23. The Bertz CT molecular complexity index is 581. The van der Waals surface area contributed by atoms with Gasteiger partial charge in [-0.05, 0) is 24.6 Å². The van der Waals surface area contributed by atoms with Crippen LogP contribution in [0.3, 0.4) is 0 Å². The Morgan fingerprint density at radius 3 is 2.57 bits per heavy atom. The molecule has 6 heteroatoms. The first-order chi connectivity index (χ1) is 11.0. The lowest BCUT2D eigenvalue weighted by molar-refractivity contribution is -0.146. The van der Waals surface area contributed by atoms with Gasteiger partial charge in [-0.2, -0.15) is 0 Å². The van der Waals surface area contributed by atoms with E-state index in [0.29, 0.717) is 13.1 Å². The van der Waals surface area contributed by atoms with Gasteiger partial charge in [-0.25, -0.2) is 0 Å². The number of likely N-dealkylation sites (tertiary alicyclic amines) is 1. The smallest absolute Gasteiger partial charge is 0.313 e. The van der Waals surface area contributed by atoms with Crippen LogP contribution < -0.4 is 4.74 Å². The van der Waals surface area contributed by atoms with Gasteiger partial charge in [0.05, 0.1) is 13.7 Å². The molecule has 1 unspecified atom stereocenters. The SMILES string of the molecule is CCOC(=O)CC(=O)C1CC(=O)N(Cc2ccc(OC)cc2)C1. The summed E-state index contributed by atoms with van der Waals surface area (Å²) >= 11 is 0. The van der Waals surface area contributed by atoms with Gasteiger partial charge in [0.2, 0.25) is 5.91 Å². The summed E-state index contributed by atoms with van der Waals surface area (Å²) in [5.74, 6) is -0.496. The number of ether oxygens (including phenoxy) is 2. The fraction of sp³-hybridized carbons (Fsp3) is 0.471. The number of hydrogen-bond acceptors (Lipinski definition) is 5. The fourth-order valence-corrected chi connectivity index (χ4v) is 2.59. The summed E-state index contributed by atoms with van der Waals surface area (Å²) in [5.41, 5.74) is 0.970. The third-order valence-corrected chi connectivity index (χ3v) is 3.83. The lowest BCUT2D eigenvalue weighted by Crippen LogP contribution is -2.26. The van der Waals surface area contributed by atoms with Crippen molar-refractivity contribution in [3.05, 3.63) is 29.8 Å². The maximum absolute atomic E-state index is 12.1. The van der Waals surface area contributed by atoms with Crippen molar-refractivity contribution in [3.63, 3.8) is 0 Å². The molecule has 1 heterocycles. The Morgan fingerprint density at radius 2 is 1.96 bits per heavy atom. The summed E-state index contributed by atoms with van der Waals surface area (Å²) in [5, 5.41) is 0. The minimum atomic E-state index is -0.529. The number of rotatable bonds is 7. The van der Waals surface area contributed by atoms with E-state index in [-0.39, 0.29) is 31.1 Å². The quantitative estimate of drug-likeness (QED) is 0.563. The largest absolute Gasteiger partial charge is 0.497 e. The summed E-state index contributed by atoms with van der Waals surface area (Å²) < 4.78 is 9.87. The topological polar surface area (TPSA) is 72.9 Å². The van der Waals surface area contributed by atoms with Gasteiger partial charge in [-0.15, -0.1) is 0 Å². The number of esters is 1. The number of nitrogens with zero attached hydrogens (tertiary/aromatic N) is 1. The minimum absolute atomic E-state index is 0.0666. The molecule has 1 saturated heterocycles. The summed E-state index contributed by atoms with van der Waals surface area (Å²) in [6.07, 6.45) is -0.101. The zero-order valence-electron chi connectivity index (χ0n) is 13.4. The van der Waals surface area contributed by atoms with E-state index in [1.54, 1.807) is 18.9 Å². The molecule has 0 saturated carbocycles. The van der Waals surface area contributed by atoms with Gasteiger partial charge in [-0.3, -0.25) is 14.4 Å². The second kappa shape index (κ2) is 7.76. The molecular formula is C17H21NO5. The van der Waals surface area contributed by atoms with Crippen molar-refractivity contribution in [2.75, 3.05) is 20.3 Å². The molecule has 1 aromatic rings. The summed E-state index contributed by atoms with van der Waals surface area (Å²) in [7, 11) is 1.60. The first-order valence-electron chi connectivity index (χ1n) is 7.62. The first-order valence-corrected chi connectivity index (χ1v) is 7.62. The van der Waals surface area contributed by atoms with Gasteiger partial charge in [0, 0.05) is 25.4 Å². The first kappa shape index (κ1) is 17.0. The van der Waals surface area contributed by atoms with Crippen molar-refractivity contribution in [3.8, 4) is 5.75 Å². The molecule has 0 N–H and O–H groups in total. The molecule has 23 heavy (non-hydrogen) atoms. The van der Waals surface area contributed by atoms with Gasteiger partial charge in [0.1, 0.15) is 18.0 Å². The molecule has 0 aromatic heterocycles. The average molecular weight is 319 g/mol. The molecule has 0 spiro atoms. The predicted molar refractivity (Wildman–Crippen MR) is 82.8 cm³/mol. The van der Waals surface area contributed by atoms with E-state index in [0.717, 1.165) is 11.3 Å².